The van der Waals surface area contributed by atoms with Gasteiger partial charge in [-0.3, -0.25) is 4.79 Å². The fourth-order valence-electron chi connectivity index (χ4n) is 2.71. The number of hydrogen-bond acceptors (Lipinski definition) is 3. The lowest BCUT2D eigenvalue weighted by molar-refractivity contribution is -0.147. The molecule has 1 rings (SSSR count). The summed E-state index contributed by atoms with van der Waals surface area (Å²) in [5, 5.41) is 8.65. The molecule has 3 heteroatoms. The Kier molecular flexibility index (Phi) is 7.17. The first kappa shape index (κ1) is 14.8. The monoisotopic (exact) mass is 249 g/mol. The molecule has 0 spiro atoms. The molecule has 1 aliphatic rings. The third-order valence-corrected chi connectivity index (χ3v) is 3.74. The molecule has 0 aromatic rings. The second-order valence-electron chi connectivity index (χ2n) is 4.98. The van der Waals surface area contributed by atoms with E-state index in [1.165, 1.54) is 38.9 Å². The van der Waals surface area contributed by atoms with Gasteiger partial charge in [0.1, 0.15) is 0 Å². The Hall–Kier alpha value is -1.30. The van der Waals surface area contributed by atoms with Crippen molar-refractivity contribution in [3.63, 3.8) is 0 Å². The highest BCUT2D eigenvalue weighted by molar-refractivity contribution is 5.72. The zero-order valence-electron chi connectivity index (χ0n) is 11.2. The SMILES string of the molecule is COC(=O)C1CCCCCCCCC1/C=C/C#N. The maximum atomic E-state index is 11.9. The zero-order chi connectivity index (χ0) is 13.2. The molecule has 2 unspecified atom stereocenters. The van der Waals surface area contributed by atoms with Crippen molar-refractivity contribution in [1.82, 2.24) is 0 Å². The molecule has 0 bridgehead atoms. The van der Waals surface area contributed by atoms with Crippen LogP contribution in [-0.4, -0.2) is 13.1 Å². The van der Waals surface area contributed by atoms with Gasteiger partial charge in [0, 0.05) is 6.08 Å². The normalized spacial score (nSPS) is 26.4. The van der Waals surface area contributed by atoms with Crippen LogP contribution in [0.5, 0.6) is 0 Å². The topological polar surface area (TPSA) is 50.1 Å². The molecule has 0 N–H and O–H groups in total. The van der Waals surface area contributed by atoms with Crippen molar-refractivity contribution in [2.45, 2.75) is 51.4 Å². The molecule has 100 valence electrons. The molecular weight excluding hydrogens is 226 g/mol. The lowest BCUT2D eigenvalue weighted by atomic mass is 9.82. The second kappa shape index (κ2) is 8.74. The minimum absolute atomic E-state index is 0.0716. The van der Waals surface area contributed by atoms with Crippen LogP contribution in [0.3, 0.4) is 0 Å². The van der Waals surface area contributed by atoms with E-state index in [2.05, 4.69) is 0 Å². The molecule has 0 heterocycles. The van der Waals surface area contributed by atoms with Crippen LogP contribution in [0, 0.1) is 23.2 Å². The van der Waals surface area contributed by atoms with Crippen LogP contribution in [-0.2, 0) is 9.53 Å². The summed E-state index contributed by atoms with van der Waals surface area (Å²) < 4.78 is 4.91. The molecule has 1 aliphatic carbocycles. The molecule has 18 heavy (non-hydrogen) atoms. The molecule has 3 nitrogen and oxygen atoms in total. The molecular formula is C15H23NO2. The maximum Gasteiger partial charge on any atom is 0.309 e. The average Bonchev–Trinajstić information content (AvgIpc) is 2.41. The van der Waals surface area contributed by atoms with Gasteiger partial charge in [0.25, 0.3) is 0 Å². The third-order valence-electron chi connectivity index (χ3n) is 3.74. The first-order valence-electron chi connectivity index (χ1n) is 6.93. The molecule has 0 aromatic heterocycles. The number of methoxy groups -OCH3 is 1. The number of hydrogen-bond donors (Lipinski definition) is 0. The lowest BCUT2D eigenvalue weighted by Gasteiger charge is -2.23. The van der Waals surface area contributed by atoms with Crippen molar-refractivity contribution in [1.29, 1.82) is 5.26 Å². The van der Waals surface area contributed by atoms with Gasteiger partial charge in [-0.05, 0) is 18.8 Å². The van der Waals surface area contributed by atoms with Gasteiger partial charge >= 0.3 is 5.97 Å². The third kappa shape index (κ3) is 4.91. The largest absolute Gasteiger partial charge is 0.469 e. The van der Waals surface area contributed by atoms with Crippen LogP contribution in [0.15, 0.2) is 12.2 Å². The smallest absolute Gasteiger partial charge is 0.309 e. The first-order valence-corrected chi connectivity index (χ1v) is 6.93. The van der Waals surface area contributed by atoms with Crippen LogP contribution in [0.25, 0.3) is 0 Å². The van der Waals surface area contributed by atoms with Crippen molar-refractivity contribution in [3.8, 4) is 6.07 Å². The molecule has 1 saturated carbocycles. The van der Waals surface area contributed by atoms with E-state index in [1.54, 1.807) is 0 Å². The fraction of sp³-hybridized carbons (Fsp3) is 0.733. The van der Waals surface area contributed by atoms with E-state index in [4.69, 9.17) is 10.00 Å². The quantitative estimate of drug-likeness (QED) is 0.555. The van der Waals surface area contributed by atoms with E-state index in [9.17, 15) is 4.79 Å². The van der Waals surface area contributed by atoms with E-state index >= 15 is 0 Å². The van der Waals surface area contributed by atoms with E-state index in [0.717, 1.165) is 25.7 Å². The Morgan fingerprint density at radius 3 is 2.39 bits per heavy atom. The zero-order valence-corrected chi connectivity index (χ0v) is 11.2. The van der Waals surface area contributed by atoms with Gasteiger partial charge in [-0.1, -0.05) is 44.6 Å². The minimum Gasteiger partial charge on any atom is -0.469 e. The lowest BCUT2D eigenvalue weighted by Crippen LogP contribution is -2.24. The van der Waals surface area contributed by atoms with Gasteiger partial charge < -0.3 is 4.74 Å². The highest BCUT2D eigenvalue weighted by Gasteiger charge is 2.27. The maximum absolute atomic E-state index is 11.9. The predicted octanol–water partition coefficient (Wildman–Crippen LogP) is 3.61. The molecule has 0 amide bonds. The molecule has 2 atom stereocenters. The number of carbonyl (C=O) groups excluding carboxylic acids is 1. The van der Waals surface area contributed by atoms with Crippen LogP contribution >= 0.6 is 0 Å². The fourth-order valence-corrected chi connectivity index (χ4v) is 2.71. The summed E-state index contributed by atoms with van der Waals surface area (Å²) in [5.41, 5.74) is 0. The molecule has 1 fully saturated rings. The Balaban J connectivity index is 2.74. The highest BCUT2D eigenvalue weighted by Crippen LogP contribution is 2.28. The van der Waals surface area contributed by atoms with Crippen molar-refractivity contribution in [2.75, 3.05) is 7.11 Å². The average molecular weight is 249 g/mol. The predicted molar refractivity (Wildman–Crippen MR) is 70.7 cm³/mol. The van der Waals surface area contributed by atoms with Crippen molar-refractivity contribution < 1.29 is 9.53 Å². The van der Waals surface area contributed by atoms with Gasteiger partial charge in [0.2, 0.25) is 0 Å². The van der Waals surface area contributed by atoms with Crippen LogP contribution in [0.4, 0.5) is 0 Å². The summed E-state index contributed by atoms with van der Waals surface area (Å²) in [5.74, 6) is -0.0314. The Morgan fingerprint density at radius 2 is 1.78 bits per heavy atom. The Bertz CT molecular complexity index is 317. The standard InChI is InChI=1S/C15H23NO2/c1-18-15(17)14-11-7-5-3-2-4-6-9-13(14)10-8-12-16/h8,10,13-14H,2-7,9,11H2,1H3/b10-8+. The number of nitriles is 1. The summed E-state index contributed by atoms with van der Waals surface area (Å²) in [6.07, 6.45) is 12.5. The first-order chi connectivity index (χ1) is 8.79. The Labute approximate surface area is 110 Å². The number of allylic oxidation sites excluding steroid dienone is 2. The number of carbonyl (C=O) groups is 1. The van der Waals surface area contributed by atoms with Crippen LogP contribution < -0.4 is 0 Å². The second-order valence-corrected chi connectivity index (χ2v) is 4.98. The number of esters is 1. The number of ether oxygens (including phenoxy) is 1. The van der Waals surface area contributed by atoms with Crippen LogP contribution in [0.1, 0.15) is 51.4 Å². The molecule has 0 saturated heterocycles. The van der Waals surface area contributed by atoms with Gasteiger partial charge in [-0.15, -0.1) is 0 Å². The van der Waals surface area contributed by atoms with Crippen LogP contribution in [0.2, 0.25) is 0 Å². The summed E-state index contributed by atoms with van der Waals surface area (Å²) in [6.45, 7) is 0. The van der Waals surface area contributed by atoms with E-state index in [-0.39, 0.29) is 17.8 Å². The summed E-state index contributed by atoms with van der Waals surface area (Å²) >= 11 is 0. The van der Waals surface area contributed by atoms with Gasteiger partial charge in [0.05, 0.1) is 19.1 Å². The van der Waals surface area contributed by atoms with Crippen molar-refractivity contribution in [3.05, 3.63) is 12.2 Å². The van der Waals surface area contributed by atoms with Crippen molar-refractivity contribution >= 4 is 5.97 Å². The van der Waals surface area contributed by atoms with Gasteiger partial charge in [-0.25, -0.2) is 0 Å². The summed E-state index contributed by atoms with van der Waals surface area (Å²) in [4.78, 5) is 11.9. The highest BCUT2D eigenvalue weighted by atomic mass is 16.5. The van der Waals surface area contributed by atoms with Crippen molar-refractivity contribution in [2.24, 2.45) is 11.8 Å². The van der Waals surface area contributed by atoms with Gasteiger partial charge in [-0.2, -0.15) is 5.26 Å². The van der Waals surface area contributed by atoms with E-state index in [0.29, 0.717) is 0 Å². The Morgan fingerprint density at radius 1 is 1.17 bits per heavy atom. The molecule has 0 aromatic carbocycles. The summed E-state index contributed by atoms with van der Waals surface area (Å²) in [6, 6.07) is 2.02. The molecule has 0 aliphatic heterocycles. The summed E-state index contributed by atoms with van der Waals surface area (Å²) in [7, 11) is 1.45. The number of nitrogens with zero attached hydrogens (tertiary/aromatic N) is 1. The number of rotatable bonds is 2. The van der Waals surface area contributed by atoms with Gasteiger partial charge in [0.15, 0.2) is 0 Å². The van der Waals surface area contributed by atoms with E-state index < -0.39 is 0 Å². The molecule has 0 radical (unpaired) electrons. The minimum atomic E-state index is -0.122. The van der Waals surface area contributed by atoms with E-state index in [1.807, 2.05) is 12.1 Å².